The Hall–Kier alpha value is -2.58. The third kappa shape index (κ3) is 4.06. The first kappa shape index (κ1) is 19.2. The SMILES string of the molecule is CCC(COC)NC(=O)c1cnn(-c2ncc(C)c(-c3cccs3)n2)c1C. The molecule has 1 amide bonds. The third-order valence-corrected chi connectivity index (χ3v) is 5.23. The van der Waals surface area contributed by atoms with Crippen molar-refractivity contribution in [2.45, 2.75) is 33.2 Å². The van der Waals surface area contributed by atoms with Gasteiger partial charge in [-0.05, 0) is 37.3 Å². The van der Waals surface area contributed by atoms with Gasteiger partial charge in [-0.2, -0.15) is 5.10 Å². The van der Waals surface area contributed by atoms with Crippen LogP contribution in [0.5, 0.6) is 0 Å². The molecule has 3 aromatic rings. The summed E-state index contributed by atoms with van der Waals surface area (Å²) in [5.74, 6) is 0.276. The summed E-state index contributed by atoms with van der Waals surface area (Å²) in [5.41, 5.74) is 3.07. The average Bonchev–Trinajstić information content (AvgIpc) is 3.32. The fraction of sp³-hybridized carbons (Fsp3) is 0.368. The van der Waals surface area contributed by atoms with Crippen LogP contribution in [-0.4, -0.2) is 45.4 Å². The zero-order valence-electron chi connectivity index (χ0n) is 15.9. The molecule has 1 unspecified atom stereocenters. The lowest BCUT2D eigenvalue weighted by atomic mass is 10.2. The minimum atomic E-state index is -0.173. The molecule has 8 heteroatoms. The largest absolute Gasteiger partial charge is 0.383 e. The van der Waals surface area contributed by atoms with Crippen LogP contribution in [0, 0.1) is 13.8 Å². The van der Waals surface area contributed by atoms with Crippen molar-refractivity contribution in [3.63, 3.8) is 0 Å². The van der Waals surface area contributed by atoms with Gasteiger partial charge in [-0.3, -0.25) is 4.79 Å². The minimum Gasteiger partial charge on any atom is -0.383 e. The second-order valence-corrected chi connectivity index (χ2v) is 7.22. The molecule has 27 heavy (non-hydrogen) atoms. The van der Waals surface area contributed by atoms with E-state index in [-0.39, 0.29) is 11.9 Å². The number of hydrogen-bond acceptors (Lipinski definition) is 6. The Morgan fingerprint density at radius 3 is 2.85 bits per heavy atom. The van der Waals surface area contributed by atoms with Crippen molar-refractivity contribution in [3.05, 3.63) is 46.7 Å². The van der Waals surface area contributed by atoms with Gasteiger partial charge in [0.25, 0.3) is 11.9 Å². The molecule has 0 saturated heterocycles. The predicted octanol–water partition coefficient (Wildman–Crippen LogP) is 3.16. The van der Waals surface area contributed by atoms with E-state index in [0.29, 0.717) is 23.8 Å². The normalized spacial score (nSPS) is 12.1. The summed E-state index contributed by atoms with van der Waals surface area (Å²) < 4.78 is 6.74. The Labute approximate surface area is 162 Å². The number of ether oxygens (including phenoxy) is 1. The average molecular weight is 385 g/mol. The number of aryl methyl sites for hydroxylation is 1. The van der Waals surface area contributed by atoms with Gasteiger partial charge in [0.2, 0.25) is 0 Å². The van der Waals surface area contributed by atoms with E-state index in [4.69, 9.17) is 4.74 Å². The highest BCUT2D eigenvalue weighted by atomic mass is 32.1. The van der Waals surface area contributed by atoms with E-state index in [1.54, 1.807) is 35.5 Å². The second kappa shape index (κ2) is 8.41. The molecular weight excluding hydrogens is 362 g/mol. The Morgan fingerprint density at radius 1 is 1.37 bits per heavy atom. The number of rotatable bonds is 7. The molecule has 1 N–H and O–H groups in total. The van der Waals surface area contributed by atoms with Crippen molar-refractivity contribution in [2.24, 2.45) is 0 Å². The summed E-state index contributed by atoms with van der Waals surface area (Å²) in [4.78, 5) is 22.8. The van der Waals surface area contributed by atoms with Gasteiger partial charge in [0.05, 0.1) is 40.7 Å². The van der Waals surface area contributed by atoms with Gasteiger partial charge in [-0.1, -0.05) is 13.0 Å². The third-order valence-electron chi connectivity index (χ3n) is 4.35. The number of methoxy groups -OCH3 is 1. The van der Waals surface area contributed by atoms with Gasteiger partial charge < -0.3 is 10.1 Å². The molecule has 7 nitrogen and oxygen atoms in total. The zero-order valence-corrected chi connectivity index (χ0v) is 16.7. The number of nitrogens with zero attached hydrogens (tertiary/aromatic N) is 4. The summed E-state index contributed by atoms with van der Waals surface area (Å²) in [6.45, 7) is 6.30. The smallest absolute Gasteiger partial charge is 0.255 e. The van der Waals surface area contributed by atoms with Crippen LogP contribution in [0.3, 0.4) is 0 Å². The molecule has 0 saturated carbocycles. The first-order chi connectivity index (χ1) is 13.0. The molecule has 0 aromatic carbocycles. The maximum Gasteiger partial charge on any atom is 0.255 e. The van der Waals surface area contributed by atoms with Gasteiger partial charge >= 0.3 is 0 Å². The summed E-state index contributed by atoms with van der Waals surface area (Å²) in [5, 5.41) is 9.33. The lowest BCUT2D eigenvalue weighted by Gasteiger charge is -2.15. The summed E-state index contributed by atoms with van der Waals surface area (Å²) in [6, 6.07) is 3.98. The van der Waals surface area contributed by atoms with Crippen LogP contribution >= 0.6 is 11.3 Å². The molecule has 0 radical (unpaired) electrons. The Morgan fingerprint density at radius 2 is 2.19 bits per heavy atom. The molecule has 142 valence electrons. The molecule has 3 aromatic heterocycles. The van der Waals surface area contributed by atoms with E-state index in [1.165, 1.54) is 0 Å². The van der Waals surface area contributed by atoms with Gasteiger partial charge in [-0.15, -0.1) is 11.3 Å². The number of hydrogen-bond donors (Lipinski definition) is 1. The molecule has 0 spiro atoms. The van der Waals surface area contributed by atoms with Crippen LogP contribution in [0.25, 0.3) is 16.5 Å². The Kier molecular flexibility index (Phi) is 5.98. The number of nitrogens with one attached hydrogen (secondary N) is 1. The monoisotopic (exact) mass is 385 g/mol. The van der Waals surface area contributed by atoms with Crippen LogP contribution in [0.1, 0.15) is 35.0 Å². The minimum absolute atomic E-state index is 0.0358. The van der Waals surface area contributed by atoms with Gasteiger partial charge in [0.1, 0.15) is 0 Å². The maximum atomic E-state index is 12.6. The molecule has 0 bridgehead atoms. The molecule has 1 atom stereocenters. The molecular formula is C19H23N5O2S. The van der Waals surface area contributed by atoms with Crippen molar-refractivity contribution >= 4 is 17.2 Å². The zero-order chi connectivity index (χ0) is 19.4. The number of aromatic nitrogens is 4. The number of carbonyl (C=O) groups excluding carboxylic acids is 1. The van der Waals surface area contributed by atoms with Gasteiger partial charge in [0, 0.05) is 13.3 Å². The summed E-state index contributed by atoms with van der Waals surface area (Å²) >= 11 is 1.63. The summed E-state index contributed by atoms with van der Waals surface area (Å²) in [6.07, 6.45) is 4.13. The van der Waals surface area contributed by atoms with Crippen LogP contribution < -0.4 is 5.32 Å². The number of amides is 1. The van der Waals surface area contributed by atoms with E-state index in [1.807, 2.05) is 38.3 Å². The van der Waals surface area contributed by atoms with Crippen molar-refractivity contribution in [2.75, 3.05) is 13.7 Å². The lowest BCUT2D eigenvalue weighted by molar-refractivity contribution is 0.0894. The van der Waals surface area contributed by atoms with Gasteiger partial charge in [0.15, 0.2) is 0 Å². The molecule has 3 rings (SSSR count). The van der Waals surface area contributed by atoms with E-state index in [2.05, 4.69) is 20.4 Å². The Balaban J connectivity index is 1.89. The standard InChI is InChI=1S/C19H23N5O2S/c1-5-14(11-26-4)22-18(25)15-10-21-24(13(15)3)19-20-9-12(2)17(23-19)16-7-6-8-27-16/h6-10,14H,5,11H2,1-4H3,(H,22,25). The molecule has 0 aliphatic rings. The predicted molar refractivity (Wildman–Crippen MR) is 105 cm³/mol. The highest BCUT2D eigenvalue weighted by molar-refractivity contribution is 7.13. The molecule has 3 heterocycles. The molecule has 0 aliphatic carbocycles. The van der Waals surface area contributed by atoms with E-state index < -0.39 is 0 Å². The second-order valence-electron chi connectivity index (χ2n) is 6.27. The topological polar surface area (TPSA) is 81.9 Å². The summed E-state index contributed by atoms with van der Waals surface area (Å²) in [7, 11) is 1.62. The number of thiophene rings is 1. The van der Waals surface area contributed by atoms with Crippen LogP contribution in [0.4, 0.5) is 0 Å². The van der Waals surface area contributed by atoms with Crippen LogP contribution in [0.2, 0.25) is 0 Å². The molecule has 0 fully saturated rings. The van der Waals surface area contributed by atoms with Crippen LogP contribution in [-0.2, 0) is 4.74 Å². The van der Waals surface area contributed by atoms with E-state index in [0.717, 1.165) is 22.6 Å². The first-order valence-electron chi connectivity index (χ1n) is 8.77. The lowest BCUT2D eigenvalue weighted by Crippen LogP contribution is -2.37. The van der Waals surface area contributed by atoms with Crippen molar-refractivity contribution in [3.8, 4) is 16.5 Å². The highest BCUT2D eigenvalue weighted by Gasteiger charge is 2.19. The van der Waals surface area contributed by atoms with Crippen molar-refractivity contribution in [1.82, 2.24) is 25.1 Å². The Bertz CT molecular complexity index is 920. The number of carbonyl (C=O) groups is 1. The highest BCUT2D eigenvalue weighted by Crippen LogP contribution is 2.26. The fourth-order valence-electron chi connectivity index (χ4n) is 2.76. The van der Waals surface area contributed by atoms with E-state index in [9.17, 15) is 4.79 Å². The van der Waals surface area contributed by atoms with Crippen LogP contribution in [0.15, 0.2) is 29.9 Å². The van der Waals surface area contributed by atoms with Gasteiger partial charge in [-0.25, -0.2) is 14.6 Å². The maximum absolute atomic E-state index is 12.6. The van der Waals surface area contributed by atoms with E-state index >= 15 is 0 Å². The molecule has 0 aliphatic heterocycles. The van der Waals surface area contributed by atoms with Crippen molar-refractivity contribution in [1.29, 1.82) is 0 Å². The first-order valence-corrected chi connectivity index (χ1v) is 9.65. The fourth-order valence-corrected chi connectivity index (χ4v) is 3.54. The van der Waals surface area contributed by atoms with Crippen molar-refractivity contribution < 1.29 is 9.53 Å². The quantitative estimate of drug-likeness (QED) is 0.676.